The molecule has 0 aliphatic rings. The Hall–Kier alpha value is -0.370. The summed E-state index contributed by atoms with van der Waals surface area (Å²) in [5.74, 6) is 0. The number of alkyl halides is 3. The first-order valence-corrected chi connectivity index (χ1v) is 5.47. The van der Waals surface area contributed by atoms with Crippen LogP contribution in [0.15, 0.2) is 0 Å². The lowest BCUT2D eigenvalue weighted by Crippen LogP contribution is -2.39. The number of nitrogens with zero attached hydrogens (tertiary/aromatic N) is 1. The first kappa shape index (κ1) is 16.6. The van der Waals surface area contributed by atoms with Gasteiger partial charge in [0.05, 0.1) is 19.8 Å². The van der Waals surface area contributed by atoms with Crippen LogP contribution in [0.3, 0.4) is 0 Å². The standard InChI is InChI=1S/C10H21F3N2O2/c1-16-7-5-15(6-8-17-2)4-3-14-9-10(11,12)13/h14H,3-9H2,1-2H3. The van der Waals surface area contributed by atoms with Crippen LogP contribution < -0.4 is 5.32 Å². The summed E-state index contributed by atoms with van der Waals surface area (Å²) in [6.07, 6.45) is -4.15. The molecular formula is C10H21F3N2O2. The zero-order chi connectivity index (χ0) is 13.1. The molecule has 0 spiro atoms. The van der Waals surface area contributed by atoms with Gasteiger partial charge in [0, 0.05) is 40.4 Å². The Morgan fingerprint density at radius 3 is 1.94 bits per heavy atom. The molecule has 0 heterocycles. The fourth-order valence-corrected chi connectivity index (χ4v) is 1.24. The van der Waals surface area contributed by atoms with Crippen molar-refractivity contribution in [1.82, 2.24) is 10.2 Å². The van der Waals surface area contributed by atoms with Crippen molar-refractivity contribution in [3.05, 3.63) is 0 Å². The van der Waals surface area contributed by atoms with E-state index >= 15 is 0 Å². The number of hydrogen-bond acceptors (Lipinski definition) is 4. The molecule has 0 aliphatic carbocycles. The highest BCUT2D eigenvalue weighted by molar-refractivity contribution is 4.61. The monoisotopic (exact) mass is 258 g/mol. The number of nitrogens with one attached hydrogen (secondary N) is 1. The van der Waals surface area contributed by atoms with Gasteiger partial charge in [0.1, 0.15) is 0 Å². The predicted octanol–water partition coefficient (Wildman–Crippen LogP) is 0.733. The molecule has 0 rings (SSSR count). The smallest absolute Gasteiger partial charge is 0.383 e. The second kappa shape index (κ2) is 9.64. The maximum absolute atomic E-state index is 11.9. The van der Waals surface area contributed by atoms with E-state index in [1.165, 1.54) is 0 Å². The molecular weight excluding hydrogens is 237 g/mol. The molecule has 4 nitrogen and oxygen atoms in total. The first-order chi connectivity index (χ1) is 7.99. The van der Waals surface area contributed by atoms with Crippen LogP contribution in [0.5, 0.6) is 0 Å². The second-order valence-electron chi connectivity index (χ2n) is 3.62. The number of methoxy groups -OCH3 is 2. The van der Waals surface area contributed by atoms with E-state index in [9.17, 15) is 13.2 Å². The fraction of sp³-hybridized carbons (Fsp3) is 1.00. The van der Waals surface area contributed by atoms with Crippen LogP contribution in [0.4, 0.5) is 13.2 Å². The van der Waals surface area contributed by atoms with Crippen LogP contribution in [-0.2, 0) is 9.47 Å². The molecule has 0 fully saturated rings. The van der Waals surface area contributed by atoms with Gasteiger partial charge >= 0.3 is 6.18 Å². The van der Waals surface area contributed by atoms with Crippen LogP contribution in [-0.4, -0.2) is 71.2 Å². The molecule has 0 bridgehead atoms. The van der Waals surface area contributed by atoms with Gasteiger partial charge in [0.2, 0.25) is 0 Å². The van der Waals surface area contributed by atoms with Crippen LogP contribution >= 0.6 is 0 Å². The molecule has 1 N–H and O–H groups in total. The number of rotatable bonds is 10. The summed E-state index contributed by atoms with van der Waals surface area (Å²) in [5, 5.41) is 2.36. The molecule has 0 atom stereocenters. The van der Waals surface area contributed by atoms with Crippen molar-refractivity contribution in [1.29, 1.82) is 0 Å². The minimum Gasteiger partial charge on any atom is -0.383 e. The van der Waals surface area contributed by atoms with Crippen LogP contribution in [0.25, 0.3) is 0 Å². The third-order valence-electron chi connectivity index (χ3n) is 2.15. The molecule has 0 radical (unpaired) electrons. The van der Waals surface area contributed by atoms with E-state index in [1.807, 2.05) is 4.90 Å². The molecule has 0 aromatic carbocycles. The fourth-order valence-electron chi connectivity index (χ4n) is 1.24. The zero-order valence-electron chi connectivity index (χ0n) is 10.3. The SMILES string of the molecule is COCCN(CCNCC(F)(F)F)CCOC. The minimum atomic E-state index is -4.15. The summed E-state index contributed by atoms with van der Waals surface area (Å²) in [4.78, 5) is 2.00. The molecule has 7 heteroatoms. The molecule has 0 aromatic heterocycles. The van der Waals surface area contributed by atoms with Gasteiger partial charge in [0.15, 0.2) is 0 Å². The van der Waals surface area contributed by atoms with E-state index in [-0.39, 0.29) is 0 Å². The van der Waals surface area contributed by atoms with Crippen LogP contribution in [0.1, 0.15) is 0 Å². The number of ether oxygens (including phenoxy) is 2. The average Bonchev–Trinajstić information content (AvgIpc) is 2.25. The van der Waals surface area contributed by atoms with Crippen molar-refractivity contribution in [2.24, 2.45) is 0 Å². The van der Waals surface area contributed by atoms with Gasteiger partial charge in [-0.3, -0.25) is 4.90 Å². The highest BCUT2D eigenvalue weighted by Crippen LogP contribution is 2.11. The van der Waals surface area contributed by atoms with E-state index in [4.69, 9.17) is 9.47 Å². The summed E-state index contributed by atoms with van der Waals surface area (Å²) >= 11 is 0. The quantitative estimate of drug-likeness (QED) is 0.586. The Morgan fingerprint density at radius 2 is 1.53 bits per heavy atom. The highest BCUT2D eigenvalue weighted by Gasteiger charge is 2.25. The van der Waals surface area contributed by atoms with Crippen molar-refractivity contribution < 1.29 is 22.6 Å². The lowest BCUT2D eigenvalue weighted by Gasteiger charge is -2.21. The van der Waals surface area contributed by atoms with Gasteiger partial charge < -0.3 is 14.8 Å². The summed E-state index contributed by atoms with van der Waals surface area (Å²) in [6, 6.07) is 0. The Morgan fingerprint density at radius 1 is 1.00 bits per heavy atom. The van der Waals surface area contributed by atoms with Crippen molar-refractivity contribution >= 4 is 0 Å². The minimum absolute atomic E-state index is 0.299. The third-order valence-corrected chi connectivity index (χ3v) is 2.15. The zero-order valence-corrected chi connectivity index (χ0v) is 10.3. The van der Waals surface area contributed by atoms with Crippen molar-refractivity contribution in [2.75, 3.05) is 60.2 Å². The van der Waals surface area contributed by atoms with Gasteiger partial charge in [-0.2, -0.15) is 13.2 Å². The van der Waals surface area contributed by atoms with E-state index in [0.29, 0.717) is 39.4 Å². The summed E-state index contributed by atoms with van der Waals surface area (Å²) in [5.41, 5.74) is 0. The number of halogens is 3. The maximum Gasteiger partial charge on any atom is 0.401 e. The maximum atomic E-state index is 11.9. The third kappa shape index (κ3) is 11.9. The van der Waals surface area contributed by atoms with Gasteiger partial charge in [-0.25, -0.2) is 0 Å². The molecule has 0 saturated heterocycles. The molecule has 0 aromatic rings. The van der Waals surface area contributed by atoms with Crippen LogP contribution in [0.2, 0.25) is 0 Å². The topological polar surface area (TPSA) is 33.7 Å². The Labute approximate surface area is 100 Å². The van der Waals surface area contributed by atoms with E-state index in [0.717, 1.165) is 0 Å². The Balaban J connectivity index is 3.66. The van der Waals surface area contributed by atoms with Gasteiger partial charge in [-0.15, -0.1) is 0 Å². The predicted molar refractivity (Wildman–Crippen MR) is 59.1 cm³/mol. The van der Waals surface area contributed by atoms with E-state index in [1.54, 1.807) is 14.2 Å². The Kier molecular flexibility index (Phi) is 9.43. The van der Waals surface area contributed by atoms with Crippen LogP contribution in [0, 0.1) is 0 Å². The van der Waals surface area contributed by atoms with Crippen molar-refractivity contribution in [2.45, 2.75) is 6.18 Å². The molecule has 0 unspecified atom stereocenters. The van der Waals surface area contributed by atoms with Gasteiger partial charge in [-0.1, -0.05) is 0 Å². The van der Waals surface area contributed by atoms with Crippen molar-refractivity contribution in [3.63, 3.8) is 0 Å². The summed E-state index contributed by atoms with van der Waals surface area (Å²) in [7, 11) is 3.19. The summed E-state index contributed by atoms with van der Waals surface area (Å²) in [6.45, 7) is 2.39. The summed E-state index contributed by atoms with van der Waals surface area (Å²) < 4.78 is 45.5. The second-order valence-corrected chi connectivity index (χ2v) is 3.62. The highest BCUT2D eigenvalue weighted by atomic mass is 19.4. The Bertz CT molecular complexity index is 171. The normalized spacial score (nSPS) is 12.4. The first-order valence-electron chi connectivity index (χ1n) is 5.47. The molecule has 0 saturated carbocycles. The van der Waals surface area contributed by atoms with E-state index in [2.05, 4.69) is 5.32 Å². The van der Waals surface area contributed by atoms with Gasteiger partial charge in [0.25, 0.3) is 0 Å². The molecule has 104 valence electrons. The lowest BCUT2D eigenvalue weighted by atomic mass is 10.4. The van der Waals surface area contributed by atoms with Crippen molar-refractivity contribution in [3.8, 4) is 0 Å². The molecule has 0 amide bonds. The van der Waals surface area contributed by atoms with E-state index < -0.39 is 12.7 Å². The number of hydrogen-bond donors (Lipinski definition) is 1. The average molecular weight is 258 g/mol. The van der Waals surface area contributed by atoms with Gasteiger partial charge in [-0.05, 0) is 0 Å². The molecule has 17 heavy (non-hydrogen) atoms. The largest absolute Gasteiger partial charge is 0.401 e. The molecule has 0 aliphatic heterocycles. The lowest BCUT2D eigenvalue weighted by molar-refractivity contribution is -0.124.